The summed E-state index contributed by atoms with van der Waals surface area (Å²) < 4.78 is 18.0. The van der Waals surface area contributed by atoms with Crippen LogP contribution in [-0.2, 0) is 32.2 Å². The zero-order valence-electron chi connectivity index (χ0n) is 28.3. The Labute approximate surface area is 292 Å². The van der Waals surface area contributed by atoms with Crippen LogP contribution in [0.4, 0.5) is 4.79 Å². The van der Waals surface area contributed by atoms with Gasteiger partial charge in [-0.05, 0) is 71.6 Å². The summed E-state index contributed by atoms with van der Waals surface area (Å²) in [6.07, 6.45) is -1.38. The highest BCUT2D eigenvalue weighted by atomic mass is 16.7. The van der Waals surface area contributed by atoms with E-state index in [2.05, 4.69) is 10.6 Å². The minimum absolute atomic E-state index is 0.0424. The molecule has 5 rings (SSSR count). The number of nitrogens with zero attached hydrogens (tertiary/aromatic N) is 1. The summed E-state index contributed by atoms with van der Waals surface area (Å²) in [6, 6.07) is 29.7. The summed E-state index contributed by atoms with van der Waals surface area (Å²) in [5.41, 5.74) is 6.05. The smallest absolute Gasteiger partial charge is 0.325 e. The first-order valence-electron chi connectivity index (χ1n) is 16.7. The van der Waals surface area contributed by atoms with E-state index in [4.69, 9.17) is 14.2 Å². The molecule has 0 aromatic heterocycles. The molecule has 1 heterocycles. The number of aromatic hydroxyl groups is 1. The molecule has 5 N–H and O–H groups in total. The van der Waals surface area contributed by atoms with Crippen LogP contribution >= 0.6 is 0 Å². The van der Waals surface area contributed by atoms with Crippen LogP contribution < -0.4 is 10.6 Å². The van der Waals surface area contributed by atoms with Crippen LogP contribution in [-0.4, -0.2) is 71.6 Å². The fraction of sp³-hybridized carbons (Fsp3) is 0.333. The summed E-state index contributed by atoms with van der Waals surface area (Å²) >= 11 is 0. The maximum Gasteiger partial charge on any atom is 0.325 e. The maximum atomic E-state index is 12.2. The second-order valence-corrected chi connectivity index (χ2v) is 12.3. The van der Waals surface area contributed by atoms with Crippen molar-refractivity contribution in [3.63, 3.8) is 0 Å². The monoisotopic (exact) mass is 683 g/mol. The van der Waals surface area contributed by atoms with E-state index >= 15 is 0 Å². The number of carbonyl (C=O) groups is 2. The van der Waals surface area contributed by atoms with Crippen molar-refractivity contribution in [2.45, 2.75) is 51.1 Å². The quantitative estimate of drug-likeness (QED) is 0.114. The van der Waals surface area contributed by atoms with Crippen molar-refractivity contribution in [1.82, 2.24) is 15.5 Å². The summed E-state index contributed by atoms with van der Waals surface area (Å²) in [4.78, 5) is 25.7. The molecule has 1 aliphatic rings. The fourth-order valence-corrected chi connectivity index (χ4v) is 5.92. The SMILES string of the molecule is CCOC(=O)CNC(=O)NCc1cccc(-c2cccc(C3OC(CN(C)CC(O)c4cccc(O)c4)CC(c4ccc(CO)cc4)O3)c2)c1. The van der Waals surface area contributed by atoms with Gasteiger partial charge in [0.05, 0.1) is 31.5 Å². The standard InChI is InChI=1S/C39H45N3O8/c1-3-48-37(46)22-41-39(47)40-21-27-7-4-8-29(17-27)30-9-5-11-32(18-30)38-49-34(20-36(50-38)28-15-13-26(25-43)14-16-28)23-42(2)24-35(45)31-10-6-12-33(44)19-31/h4-19,34-36,38,43-45H,3,20-25H2,1-2H3,(H2,40,41,47). The number of benzene rings is 4. The van der Waals surface area contributed by atoms with Crippen molar-refractivity contribution >= 4 is 12.0 Å². The number of esters is 1. The molecule has 0 aliphatic carbocycles. The summed E-state index contributed by atoms with van der Waals surface area (Å²) in [5.74, 6) is -0.390. The Kier molecular flexibility index (Phi) is 13.0. The molecule has 0 radical (unpaired) electrons. The van der Waals surface area contributed by atoms with Crippen molar-refractivity contribution in [2.75, 3.05) is 33.3 Å². The molecule has 0 bridgehead atoms. The van der Waals surface area contributed by atoms with Gasteiger partial charge in [-0.15, -0.1) is 0 Å². The van der Waals surface area contributed by atoms with Gasteiger partial charge in [-0.1, -0.05) is 72.8 Å². The van der Waals surface area contributed by atoms with Gasteiger partial charge in [-0.3, -0.25) is 4.79 Å². The van der Waals surface area contributed by atoms with E-state index in [1.54, 1.807) is 31.2 Å². The van der Waals surface area contributed by atoms with E-state index < -0.39 is 24.4 Å². The topological polar surface area (TPSA) is 150 Å². The van der Waals surface area contributed by atoms with Crippen LogP contribution in [0.5, 0.6) is 5.75 Å². The maximum absolute atomic E-state index is 12.2. The highest BCUT2D eigenvalue weighted by Crippen LogP contribution is 2.39. The second kappa shape index (κ2) is 17.7. The number of hydrogen-bond donors (Lipinski definition) is 5. The molecule has 4 unspecified atom stereocenters. The number of amides is 2. The third-order valence-corrected chi connectivity index (χ3v) is 8.44. The largest absolute Gasteiger partial charge is 0.508 e. The van der Waals surface area contributed by atoms with Crippen molar-refractivity contribution in [2.24, 2.45) is 0 Å². The Morgan fingerprint density at radius 1 is 0.900 bits per heavy atom. The highest BCUT2D eigenvalue weighted by molar-refractivity contribution is 5.80. The van der Waals surface area contributed by atoms with E-state index in [1.165, 1.54) is 0 Å². The average molecular weight is 684 g/mol. The van der Waals surface area contributed by atoms with Crippen LogP contribution in [0.1, 0.15) is 59.7 Å². The zero-order valence-corrected chi connectivity index (χ0v) is 28.3. The Morgan fingerprint density at radius 2 is 1.64 bits per heavy atom. The lowest BCUT2D eigenvalue weighted by Crippen LogP contribution is -2.39. The van der Waals surface area contributed by atoms with E-state index in [0.717, 1.165) is 33.4 Å². The molecule has 264 valence electrons. The van der Waals surface area contributed by atoms with Crippen LogP contribution in [0.15, 0.2) is 97.1 Å². The van der Waals surface area contributed by atoms with Crippen molar-refractivity contribution in [3.05, 3.63) is 125 Å². The summed E-state index contributed by atoms with van der Waals surface area (Å²) in [6.45, 7) is 2.85. The lowest BCUT2D eigenvalue weighted by atomic mass is 9.98. The number of rotatable bonds is 14. The van der Waals surface area contributed by atoms with Gasteiger partial charge in [0.1, 0.15) is 12.3 Å². The second-order valence-electron chi connectivity index (χ2n) is 12.3. The molecule has 2 amide bonds. The van der Waals surface area contributed by atoms with Gasteiger partial charge < -0.3 is 45.1 Å². The van der Waals surface area contributed by atoms with E-state index in [0.29, 0.717) is 25.1 Å². The highest BCUT2D eigenvalue weighted by Gasteiger charge is 2.33. The van der Waals surface area contributed by atoms with Crippen LogP contribution in [0, 0.1) is 0 Å². The summed E-state index contributed by atoms with van der Waals surface area (Å²) in [5, 5.41) is 35.5. The number of hydrogen-bond acceptors (Lipinski definition) is 9. The Morgan fingerprint density at radius 3 is 2.38 bits per heavy atom. The molecule has 0 saturated carbocycles. The molecular weight excluding hydrogens is 638 g/mol. The minimum atomic E-state index is -0.786. The number of aliphatic hydroxyl groups is 2. The Bertz CT molecular complexity index is 1720. The van der Waals surface area contributed by atoms with E-state index in [9.17, 15) is 24.9 Å². The van der Waals surface area contributed by atoms with Crippen molar-refractivity contribution in [3.8, 4) is 16.9 Å². The molecule has 1 aliphatic heterocycles. The molecule has 4 atom stereocenters. The fourth-order valence-electron chi connectivity index (χ4n) is 5.92. The first-order valence-corrected chi connectivity index (χ1v) is 16.7. The van der Waals surface area contributed by atoms with Gasteiger partial charge in [-0.2, -0.15) is 0 Å². The van der Waals surface area contributed by atoms with E-state index in [-0.39, 0.29) is 44.3 Å². The number of urea groups is 1. The van der Waals surface area contributed by atoms with Gasteiger partial charge in [-0.25, -0.2) is 4.79 Å². The average Bonchev–Trinajstić information content (AvgIpc) is 3.13. The van der Waals surface area contributed by atoms with Gasteiger partial charge in [0.25, 0.3) is 0 Å². The number of aliphatic hydroxyl groups excluding tert-OH is 2. The molecule has 4 aromatic carbocycles. The normalized spacial score (nSPS) is 18.0. The molecule has 11 heteroatoms. The van der Waals surface area contributed by atoms with Gasteiger partial charge in [0.15, 0.2) is 6.29 Å². The number of nitrogens with one attached hydrogen (secondary N) is 2. The van der Waals surface area contributed by atoms with Crippen molar-refractivity contribution in [1.29, 1.82) is 0 Å². The number of phenolic OH excluding ortho intramolecular Hbond substituents is 1. The van der Waals surface area contributed by atoms with Gasteiger partial charge in [0, 0.05) is 31.6 Å². The van der Waals surface area contributed by atoms with Crippen LogP contribution in [0.2, 0.25) is 0 Å². The van der Waals surface area contributed by atoms with Crippen LogP contribution in [0.25, 0.3) is 11.1 Å². The third kappa shape index (κ3) is 10.4. The molecule has 0 spiro atoms. The molecule has 11 nitrogen and oxygen atoms in total. The first-order chi connectivity index (χ1) is 24.2. The Hall–Kier alpha value is -4.78. The van der Waals surface area contributed by atoms with Crippen LogP contribution in [0.3, 0.4) is 0 Å². The number of carbonyl (C=O) groups excluding carboxylic acids is 2. The number of likely N-dealkylation sites (N-methyl/N-ethyl adjacent to an activating group) is 1. The first kappa shape index (κ1) is 36.5. The molecule has 50 heavy (non-hydrogen) atoms. The molecular formula is C39H45N3O8. The molecule has 1 fully saturated rings. The molecule has 1 saturated heterocycles. The minimum Gasteiger partial charge on any atom is -0.508 e. The number of phenols is 1. The summed E-state index contributed by atoms with van der Waals surface area (Å²) in [7, 11) is 1.93. The number of ether oxygens (including phenoxy) is 3. The van der Waals surface area contributed by atoms with Gasteiger partial charge >= 0.3 is 12.0 Å². The molecule has 4 aromatic rings. The third-order valence-electron chi connectivity index (χ3n) is 8.44. The predicted octanol–water partition coefficient (Wildman–Crippen LogP) is 5.12. The predicted molar refractivity (Wildman–Crippen MR) is 188 cm³/mol. The Balaban J connectivity index is 1.29. The zero-order chi connectivity index (χ0) is 35.5. The van der Waals surface area contributed by atoms with Gasteiger partial charge in [0.2, 0.25) is 0 Å². The van der Waals surface area contributed by atoms with Crippen molar-refractivity contribution < 1.29 is 39.1 Å². The lowest BCUT2D eigenvalue weighted by Gasteiger charge is -2.38. The van der Waals surface area contributed by atoms with E-state index in [1.807, 2.05) is 84.7 Å². The lowest BCUT2D eigenvalue weighted by molar-refractivity contribution is -0.252.